The molecular formula is C12H17ClN2O2S. The second kappa shape index (κ2) is 8.97. The molecule has 18 heavy (non-hydrogen) atoms. The molecule has 0 heterocycles. The van der Waals surface area contributed by atoms with Crippen molar-refractivity contribution in [2.45, 2.75) is 6.42 Å². The van der Waals surface area contributed by atoms with E-state index in [-0.39, 0.29) is 24.0 Å². The molecule has 1 rings (SSSR count). The molecule has 0 fully saturated rings. The highest BCUT2D eigenvalue weighted by molar-refractivity contribution is 8.04. The van der Waals surface area contributed by atoms with Crippen molar-refractivity contribution in [3.8, 4) is 0 Å². The van der Waals surface area contributed by atoms with E-state index in [4.69, 9.17) is 5.73 Å². The van der Waals surface area contributed by atoms with Gasteiger partial charge in [0.1, 0.15) is 0 Å². The van der Waals surface area contributed by atoms with Crippen LogP contribution in [0.25, 0.3) is 0 Å². The van der Waals surface area contributed by atoms with Crippen molar-refractivity contribution >= 4 is 35.7 Å². The van der Waals surface area contributed by atoms with Crippen LogP contribution in [0.1, 0.15) is 6.42 Å². The summed E-state index contributed by atoms with van der Waals surface area (Å²) in [7, 11) is 0. The second-order valence-corrected chi connectivity index (χ2v) is 4.53. The van der Waals surface area contributed by atoms with Gasteiger partial charge >= 0.3 is 0 Å². The van der Waals surface area contributed by atoms with E-state index in [2.05, 4.69) is 11.9 Å². The topological polar surface area (TPSA) is 72.2 Å². The van der Waals surface area contributed by atoms with Crippen molar-refractivity contribution in [3.05, 3.63) is 35.4 Å². The molecule has 0 saturated carbocycles. The smallest absolute Gasteiger partial charge is 0.203 e. The fourth-order valence-corrected chi connectivity index (χ4v) is 1.96. The summed E-state index contributed by atoms with van der Waals surface area (Å²) in [5.41, 5.74) is 5.70. The first kappa shape index (κ1) is 17.0. The van der Waals surface area contributed by atoms with E-state index in [1.165, 1.54) is 23.9 Å². The average Bonchev–Trinajstić information content (AvgIpc) is 2.31. The second-order valence-electron chi connectivity index (χ2n) is 3.46. The van der Waals surface area contributed by atoms with E-state index >= 15 is 0 Å². The molecule has 0 radical (unpaired) electrons. The summed E-state index contributed by atoms with van der Waals surface area (Å²) in [6, 6.07) is 0. The number of hydrogen-bond donors (Lipinski definition) is 2. The van der Waals surface area contributed by atoms with Gasteiger partial charge in [-0.25, -0.2) is 0 Å². The van der Waals surface area contributed by atoms with Crippen LogP contribution in [0.3, 0.4) is 0 Å². The molecule has 0 saturated heterocycles. The number of ketones is 2. The molecule has 0 unspecified atom stereocenters. The van der Waals surface area contributed by atoms with Gasteiger partial charge in [0.2, 0.25) is 5.78 Å². The molecular weight excluding hydrogens is 272 g/mol. The van der Waals surface area contributed by atoms with Gasteiger partial charge in [-0.1, -0.05) is 6.08 Å². The maximum Gasteiger partial charge on any atom is 0.203 e. The van der Waals surface area contributed by atoms with Gasteiger partial charge in [-0.2, -0.15) is 0 Å². The first-order valence-electron chi connectivity index (χ1n) is 5.38. The number of carbonyl (C=O) groups is 2. The molecule has 100 valence electrons. The monoisotopic (exact) mass is 288 g/mol. The zero-order valence-electron chi connectivity index (χ0n) is 9.98. The molecule has 0 bridgehead atoms. The molecule has 0 aromatic heterocycles. The standard InChI is InChI=1S/C12H16N2O2S.ClH/c1-2-6-17-12-8-10(15)9(7-11(12)16)14-5-3-4-13;/h2,7-8,14H,1,3-6,13H2;1H. The lowest BCUT2D eigenvalue weighted by atomic mass is 10.1. The van der Waals surface area contributed by atoms with E-state index in [1.54, 1.807) is 6.08 Å². The zero-order chi connectivity index (χ0) is 12.7. The Hall–Kier alpha value is -1.04. The lowest BCUT2D eigenvalue weighted by Gasteiger charge is -2.12. The van der Waals surface area contributed by atoms with Crippen LogP contribution in [-0.4, -0.2) is 30.4 Å². The third-order valence-corrected chi connectivity index (χ3v) is 3.13. The van der Waals surface area contributed by atoms with Crippen LogP contribution < -0.4 is 11.1 Å². The highest BCUT2D eigenvalue weighted by Crippen LogP contribution is 2.21. The first-order chi connectivity index (χ1) is 8.19. The number of thioether (sulfide) groups is 1. The molecule has 0 spiro atoms. The summed E-state index contributed by atoms with van der Waals surface area (Å²) in [6.07, 6.45) is 5.19. The number of rotatable bonds is 7. The molecule has 0 aliphatic heterocycles. The summed E-state index contributed by atoms with van der Waals surface area (Å²) >= 11 is 1.32. The van der Waals surface area contributed by atoms with Gasteiger partial charge < -0.3 is 11.1 Å². The van der Waals surface area contributed by atoms with E-state index < -0.39 is 0 Å². The van der Waals surface area contributed by atoms with Gasteiger partial charge in [-0.3, -0.25) is 9.59 Å². The number of nitrogens with two attached hydrogens (primary N) is 1. The summed E-state index contributed by atoms with van der Waals surface area (Å²) in [5, 5.41) is 2.92. The average molecular weight is 289 g/mol. The minimum absolute atomic E-state index is 0. The largest absolute Gasteiger partial charge is 0.382 e. The molecule has 0 amide bonds. The Morgan fingerprint density at radius 3 is 2.67 bits per heavy atom. The Morgan fingerprint density at radius 1 is 1.33 bits per heavy atom. The molecule has 4 nitrogen and oxygen atoms in total. The third-order valence-electron chi connectivity index (χ3n) is 2.10. The van der Waals surface area contributed by atoms with Crippen molar-refractivity contribution in [2.24, 2.45) is 5.73 Å². The molecule has 1 aliphatic carbocycles. The van der Waals surface area contributed by atoms with Crippen LogP contribution in [0, 0.1) is 0 Å². The van der Waals surface area contributed by atoms with Crippen LogP contribution in [0.4, 0.5) is 0 Å². The van der Waals surface area contributed by atoms with Crippen molar-refractivity contribution in [3.63, 3.8) is 0 Å². The number of nitrogens with one attached hydrogen (secondary N) is 1. The molecule has 6 heteroatoms. The Morgan fingerprint density at radius 2 is 2.06 bits per heavy atom. The fraction of sp³-hybridized carbons (Fsp3) is 0.333. The minimum Gasteiger partial charge on any atom is -0.382 e. The molecule has 1 aliphatic rings. The summed E-state index contributed by atoms with van der Waals surface area (Å²) < 4.78 is 0. The lowest BCUT2D eigenvalue weighted by Crippen LogP contribution is -2.26. The quantitative estimate of drug-likeness (QED) is 0.418. The molecule has 0 aromatic rings. The Labute approximate surface area is 117 Å². The van der Waals surface area contributed by atoms with E-state index in [1.807, 2.05) is 0 Å². The predicted molar refractivity (Wildman–Crippen MR) is 77.8 cm³/mol. The molecule has 0 atom stereocenters. The highest BCUT2D eigenvalue weighted by Gasteiger charge is 2.19. The lowest BCUT2D eigenvalue weighted by molar-refractivity contribution is -0.115. The molecule has 3 N–H and O–H groups in total. The van der Waals surface area contributed by atoms with Crippen LogP contribution in [0.15, 0.2) is 35.4 Å². The minimum atomic E-state index is -0.159. The van der Waals surface area contributed by atoms with Crippen LogP contribution in [0.5, 0.6) is 0 Å². The number of carbonyl (C=O) groups excluding carboxylic acids is 2. The van der Waals surface area contributed by atoms with Gasteiger partial charge in [0.15, 0.2) is 5.78 Å². The van der Waals surface area contributed by atoms with Crippen molar-refractivity contribution < 1.29 is 9.59 Å². The SMILES string of the molecule is C=CCSC1=CC(=O)C(NCCCN)=CC1=O.Cl. The first-order valence-corrected chi connectivity index (χ1v) is 6.37. The van der Waals surface area contributed by atoms with Gasteiger partial charge in [-0.05, 0) is 13.0 Å². The number of allylic oxidation sites excluding steroid dienone is 3. The Balaban J connectivity index is 0.00000289. The molecule has 0 aromatic carbocycles. The zero-order valence-corrected chi connectivity index (χ0v) is 11.6. The summed E-state index contributed by atoms with van der Waals surface area (Å²) in [6.45, 7) is 4.73. The summed E-state index contributed by atoms with van der Waals surface area (Å²) in [5.74, 6) is 0.328. The van der Waals surface area contributed by atoms with E-state index in [9.17, 15) is 9.59 Å². The van der Waals surface area contributed by atoms with Crippen LogP contribution in [-0.2, 0) is 9.59 Å². The number of hydrogen-bond acceptors (Lipinski definition) is 5. The Kier molecular flexibility index (Phi) is 8.45. The maximum atomic E-state index is 11.7. The van der Waals surface area contributed by atoms with Gasteiger partial charge in [0.05, 0.1) is 10.6 Å². The van der Waals surface area contributed by atoms with Gasteiger partial charge in [0.25, 0.3) is 0 Å². The van der Waals surface area contributed by atoms with Gasteiger partial charge in [-0.15, -0.1) is 30.7 Å². The van der Waals surface area contributed by atoms with E-state index in [0.29, 0.717) is 29.4 Å². The van der Waals surface area contributed by atoms with Crippen molar-refractivity contribution in [2.75, 3.05) is 18.8 Å². The normalized spacial score (nSPS) is 14.5. The van der Waals surface area contributed by atoms with Crippen LogP contribution >= 0.6 is 24.2 Å². The van der Waals surface area contributed by atoms with Gasteiger partial charge in [0, 0.05) is 24.4 Å². The maximum absolute atomic E-state index is 11.7. The predicted octanol–water partition coefficient (Wildman–Crippen LogP) is 1.19. The number of halogens is 1. The van der Waals surface area contributed by atoms with Crippen molar-refractivity contribution in [1.82, 2.24) is 5.32 Å². The third kappa shape index (κ3) is 5.08. The van der Waals surface area contributed by atoms with Crippen molar-refractivity contribution in [1.29, 1.82) is 0 Å². The Bertz CT molecular complexity index is 392. The highest BCUT2D eigenvalue weighted by atomic mass is 35.5. The van der Waals surface area contributed by atoms with E-state index in [0.717, 1.165) is 6.42 Å². The van der Waals surface area contributed by atoms with Crippen LogP contribution in [0.2, 0.25) is 0 Å². The fourth-order valence-electron chi connectivity index (χ4n) is 1.27. The summed E-state index contributed by atoms with van der Waals surface area (Å²) in [4.78, 5) is 23.8.